The summed E-state index contributed by atoms with van der Waals surface area (Å²) in [5.74, 6) is 1.93. The Labute approximate surface area is 158 Å². The topological polar surface area (TPSA) is 85.4 Å². The van der Waals surface area contributed by atoms with Crippen LogP contribution < -0.4 is 20.1 Å². The number of hydrogen-bond acceptors (Lipinski definition) is 6. The molecule has 2 heterocycles. The van der Waals surface area contributed by atoms with Crippen LogP contribution in [0.4, 0.5) is 5.82 Å². The Hall–Kier alpha value is -2.83. The lowest BCUT2D eigenvalue weighted by Gasteiger charge is -2.17. The number of carbonyl (C=O) groups excluding carboxylic acids is 1. The molecule has 2 N–H and O–H groups in total. The Morgan fingerprint density at radius 3 is 2.70 bits per heavy atom. The molecule has 142 valence electrons. The first-order valence-electron chi connectivity index (χ1n) is 9.53. The SMILES string of the molecule is O=C(NCc1ccc2c(c1)OCO2)c1cc(NC2CCCCCC2)ncn1. The van der Waals surface area contributed by atoms with Crippen molar-refractivity contribution in [3.63, 3.8) is 0 Å². The van der Waals surface area contributed by atoms with Crippen LogP contribution in [0.15, 0.2) is 30.6 Å². The van der Waals surface area contributed by atoms with Crippen molar-refractivity contribution in [2.45, 2.75) is 51.1 Å². The predicted molar refractivity (Wildman–Crippen MR) is 101 cm³/mol. The van der Waals surface area contributed by atoms with Gasteiger partial charge in [-0.15, -0.1) is 0 Å². The predicted octanol–water partition coefficient (Wildman–Crippen LogP) is 3.27. The second-order valence-electron chi connectivity index (χ2n) is 6.99. The molecule has 0 unspecified atom stereocenters. The van der Waals surface area contributed by atoms with Crippen molar-refractivity contribution >= 4 is 11.7 Å². The van der Waals surface area contributed by atoms with E-state index in [1.807, 2.05) is 18.2 Å². The molecular weight excluding hydrogens is 344 g/mol. The van der Waals surface area contributed by atoms with E-state index in [0.717, 1.165) is 24.2 Å². The van der Waals surface area contributed by atoms with Gasteiger partial charge in [0, 0.05) is 18.7 Å². The standard InChI is InChI=1S/C20H24N4O3/c25-20(21-11-14-7-8-17-18(9-14)27-13-26-17)16-10-19(23-12-22-16)24-15-5-3-1-2-4-6-15/h7-10,12,15H,1-6,11,13H2,(H,21,25)(H,22,23,24). The third kappa shape index (κ3) is 4.48. The van der Waals surface area contributed by atoms with E-state index in [4.69, 9.17) is 9.47 Å². The van der Waals surface area contributed by atoms with Gasteiger partial charge in [0.25, 0.3) is 5.91 Å². The van der Waals surface area contributed by atoms with Crippen molar-refractivity contribution in [3.05, 3.63) is 41.9 Å². The van der Waals surface area contributed by atoms with Crippen LogP contribution in [0.3, 0.4) is 0 Å². The highest BCUT2D eigenvalue weighted by molar-refractivity contribution is 5.92. The molecule has 0 saturated heterocycles. The quantitative estimate of drug-likeness (QED) is 0.788. The number of nitrogens with zero attached hydrogens (tertiary/aromatic N) is 2. The first kappa shape index (κ1) is 17.6. The summed E-state index contributed by atoms with van der Waals surface area (Å²) in [5, 5.41) is 6.35. The summed E-state index contributed by atoms with van der Waals surface area (Å²) >= 11 is 0. The highest BCUT2D eigenvalue weighted by atomic mass is 16.7. The minimum atomic E-state index is -0.223. The largest absolute Gasteiger partial charge is 0.454 e. The van der Waals surface area contributed by atoms with Gasteiger partial charge in [-0.2, -0.15) is 0 Å². The molecule has 0 radical (unpaired) electrons. The zero-order valence-corrected chi connectivity index (χ0v) is 15.2. The summed E-state index contributed by atoms with van der Waals surface area (Å²) in [6, 6.07) is 7.78. The molecule has 1 aromatic heterocycles. The van der Waals surface area contributed by atoms with Crippen molar-refractivity contribution in [2.24, 2.45) is 0 Å². The van der Waals surface area contributed by atoms with Crippen molar-refractivity contribution in [1.82, 2.24) is 15.3 Å². The number of anilines is 1. The molecule has 1 aliphatic carbocycles. The molecule has 1 saturated carbocycles. The van der Waals surface area contributed by atoms with E-state index in [1.54, 1.807) is 6.07 Å². The first-order chi connectivity index (χ1) is 13.3. The number of nitrogens with one attached hydrogen (secondary N) is 2. The number of carbonyl (C=O) groups is 1. The lowest BCUT2D eigenvalue weighted by atomic mass is 10.1. The van der Waals surface area contributed by atoms with Gasteiger partial charge in [-0.1, -0.05) is 31.7 Å². The van der Waals surface area contributed by atoms with Gasteiger partial charge in [-0.25, -0.2) is 9.97 Å². The zero-order chi connectivity index (χ0) is 18.5. The van der Waals surface area contributed by atoms with Crippen LogP contribution in [-0.4, -0.2) is 28.7 Å². The molecule has 27 heavy (non-hydrogen) atoms. The van der Waals surface area contributed by atoms with E-state index in [0.29, 0.717) is 29.8 Å². The Morgan fingerprint density at radius 2 is 1.85 bits per heavy atom. The molecule has 1 fully saturated rings. The average molecular weight is 368 g/mol. The van der Waals surface area contributed by atoms with Crippen LogP contribution in [0.2, 0.25) is 0 Å². The van der Waals surface area contributed by atoms with E-state index >= 15 is 0 Å². The molecule has 0 bridgehead atoms. The summed E-state index contributed by atoms with van der Waals surface area (Å²) in [4.78, 5) is 20.9. The molecule has 0 spiro atoms. The lowest BCUT2D eigenvalue weighted by molar-refractivity contribution is 0.0945. The summed E-state index contributed by atoms with van der Waals surface area (Å²) in [6.07, 6.45) is 8.82. The van der Waals surface area contributed by atoms with Gasteiger partial charge in [0.05, 0.1) is 0 Å². The van der Waals surface area contributed by atoms with Crippen molar-refractivity contribution < 1.29 is 14.3 Å². The number of aromatic nitrogens is 2. The summed E-state index contributed by atoms with van der Waals surface area (Å²) in [5.41, 5.74) is 1.31. The fourth-order valence-electron chi connectivity index (χ4n) is 3.52. The molecule has 0 atom stereocenters. The fourth-order valence-corrected chi connectivity index (χ4v) is 3.52. The molecule has 1 aromatic carbocycles. The molecule has 7 heteroatoms. The molecule has 1 amide bonds. The maximum atomic E-state index is 12.5. The normalized spacial score (nSPS) is 16.6. The molecule has 4 rings (SSSR count). The maximum absolute atomic E-state index is 12.5. The average Bonchev–Trinajstić information content (AvgIpc) is 3.02. The van der Waals surface area contributed by atoms with Crippen molar-refractivity contribution in [3.8, 4) is 11.5 Å². The highest BCUT2D eigenvalue weighted by Gasteiger charge is 2.16. The van der Waals surface area contributed by atoms with Crippen LogP contribution >= 0.6 is 0 Å². The maximum Gasteiger partial charge on any atom is 0.270 e. The summed E-state index contributed by atoms with van der Waals surface area (Å²) in [7, 11) is 0. The highest BCUT2D eigenvalue weighted by Crippen LogP contribution is 2.32. The monoisotopic (exact) mass is 368 g/mol. The van der Waals surface area contributed by atoms with Crippen LogP contribution in [0, 0.1) is 0 Å². The van der Waals surface area contributed by atoms with Gasteiger partial charge < -0.3 is 20.1 Å². The number of hydrogen-bond donors (Lipinski definition) is 2. The molecule has 2 aliphatic rings. The second-order valence-corrected chi connectivity index (χ2v) is 6.99. The lowest BCUT2D eigenvalue weighted by Crippen LogP contribution is -2.25. The molecule has 7 nitrogen and oxygen atoms in total. The van der Waals surface area contributed by atoms with Gasteiger partial charge in [0.1, 0.15) is 17.8 Å². The second kappa shape index (κ2) is 8.24. The van der Waals surface area contributed by atoms with Crippen molar-refractivity contribution in [2.75, 3.05) is 12.1 Å². The van der Waals surface area contributed by atoms with Gasteiger partial charge in [0.15, 0.2) is 11.5 Å². The Bertz CT molecular complexity index is 804. The fraction of sp³-hybridized carbons (Fsp3) is 0.450. The number of amides is 1. The van der Waals surface area contributed by atoms with Gasteiger partial charge in [0.2, 0.25) is 6.79 Å². The van der Waals surface area contributed by atoms with Crippen LogP contribution in [0.25, 0.3) is 0 Å². The van der Waals surface area contributed by atoms with Crippen LogP contribution in [0.1, 0.15) is 54.6 Å². The van der Waals surface area contributed by atoms with E-state index in [-0.39, 0.29) is 12.7 Å². The Kier molecular flexibility index (Phi) is 5.37. The minimum Gasteiger partial charge on any atom is -0.454 e. The van der Waals surface area contributed by atoms with Crippen LogP contribution in [-0.2, 0) is 6.54 Å². The minimum absolute atomic E-state index is 0.223. The number of ether oxygens (including phenoxy) is 2. The van der Waals surface area contributed by atoms with Crippen molar-refractivity contribution in [1.29, 1.82) is 0 Å². The van der Waals surface area contributed by atoms with Gasteiger partial charge in [-0.05, 0) is 30.5 Å². The number of rotatable bonds is 5. The zero-order valence-electron chi connectivity index (χ0n) is 15.2. The van der Waals surface area contributed by atoms with E-state index in [9.17, 15) is 4.79 Å². The summed E-state index contributed by atoms with van der Waals surface area (Å²) < 4.78 is 10.7. The third-order valence-electron chi connectivity index (χ3n) is 5.00. The van der Waals surface area contributed by atoms with E-state index in [2.05, 4.69) is 20.6 Å². The van der Waals surface area contributed by atoms with Gasteiger partial charge >= 0.3 is 0 Å². The first-order valence-corrected chi connectivity index (χ1v) is 9.53. The number of benzene rings is 1. The number of fused-ring (bicyclic) bond motifs is 1. The molecule has 2 aromatic rings. The smallest absolute Gasteiger partial charge is 0.270 e. The summed E-state index contributed by atoms with van der Waals surface area (Å²) in [6.45, 7) is 0.633. The Balaban J connectivity index is 1.35. The van der Waals surface area contributed by atoms with Gasteiger partial charge in [-0.3, -0.25) is 4.79 Å². The Morgan fingerprint density at radius 1 is 1.04 bits per heavy atom. The molecule has 1 aliphatic heterocycles. The molecular formula is C20H24N4O3. The van der Waals surface area contributed by atoms with Crippen LogP contribution in [0.5, 0.6) is 11.5 Å². The van der Waals surface area contributed by atoms with E-state index < -0.39 is 0 Å². The van der Waals surface area contributed by atoms with E-state index in [1.165, 1.54) is 32.0 Å². The third-order valence-corrected chi connectivity index (χ3v) is 5.00.